The number of rotatable bonds is 6. The number of nitriles is 1. The van der Waals surface area contributed by atoms with Crippen LogP contribution in [-0.2, 0) is 9.53 Å². The summed E-state index contributed by atoms with van der Waals surface area (Å²) in [5.41, 5.74) is 2.54. The SMILES string of the molecule is CCN1C(=O)[C@@H](NC(=O)c2ccc3ncoc3c2)[C@@H](C2CC2)c2c(C(=O)N3[C@H](C#N)C[C@H]4C[C@H]43)nn(C3CCOCC3)c21. The number of ether oxygens (including phenoxy) is 1. The van der Waals surface area contributed by atoms with Gasteiger partial charge >= 0.3 is 0 Å². The molecule has 1 aromatic carbocycles. The van der Waals surface area contributed by atoms with Gasteiger partial charge in [-0.25, -0.2) is 9.67 Å². The Kier molecular flexibility index (Phi) is 6.08. The van der Waals surface area contributed by atoms with Crippen molar-refractivity contribution in [3.63, 3.8) is 0 Å². The van der Waals surface area contributed by atoms with E-state index in [0.717, 1.165) is 37.7 Å². The summed E-state index contributed by atoms with van der Waals surface area (Å²) >= 11 is 0. The van der Waals surface area contributed by atoms with Gasteiger partial charge in [0, 0.05) is 42.8 Å². The summed E-state index contributed by atoms with van der Waals surface area (Å²) in [5.74, 6) is -0.0916. The van der Waals surface area contributed by atoms with Gasteiger partial charge in [-0.15, -0.1) is 0 Å². The first kappa shape index (κ1) is 26.4. The maximum absolute atomic E-state index is 14.4. The zero-order valence-corrected chi connectivity index (χ0v) is 23.9. The number of benzene rings is 1. The Balaban J connectivity index is 1.24. The molecule has 8 rings (SSSR count). The Hall–Kier alpha value is -4.24. The maximum Gasteiger partial charge on any atom is 0.276 e. The molecule has 222 valence electrons. The normalized spacial score (nSPS) is 28.5. The highest BCUT2D eigenvalue weighted by Crippen LogP contribution is 2.53. The van der Waals surface area contributed by atoms with Gasteiger partial charge in [0.05, 0.1) is 12.1 Å². The van der Waals surface area contributed by atoms with Gasteiger partial charge in [0.2, 0.25) is 0 Å². The number of carbonyl (C=O) groups is 3. The van der Waals surface area contributed by atoms with E-state index in [2.05, 4.69) is 16.4 Å². The molecule has 2 saturated heterocycles. The minimum absolute atomic E-state index is 0.0236. The van der Waals surface area contributed by atoms with Crippen LogP contribution in [-0.4, -0.2) is 75.3 Å². The van der Waals surface area contributed by atoms with Gasteiger partial charge in [-0.2, -0.15) is 10.4 Å². The number of likely N-dealkylation sites (tertiary alicyclic amines) is 1. The van der Waals surface area contributed by atoms with Gasteiger partial charge < -0.3 is 19.4 Å². The first-order valence-corrected chi connectivity index (χ1v) is 15.4. The molecule has 2 aromatic heterocycles. The Morgan fingerprint density at radius 2 is 1.95 bits per heavy atom. The first-order valence-electron chi connectivity index (χ1n) is 15.4. The second kappa shape index (κ2) is 9.91. The van der Waals surface area contributed by atoms with Crippen molar-refractivity contribution in [2.24, 2.45) is 11.8 Å². The molecule has 4 fully saturated rings. The molecule has 0 radical (unpaired) electrons. The van der Waals surface area contributed by atoms with E-state index in [4.69, 9.17) is 14.3 Å². The number of hydrogen-bond donors (Lipinski definition) is 1. The van der Waals surface area contributed by atoms with Crippen LogP contribution in [0.3, 0.4) is 0 Å². The van der Waals surface area contributed by atoms with Gasteiger partial charge in [-0.1, -0.05) is 0 Å². The highest BCUT2D eigenvalue weighted by Gasteiger charge is 2.57. The van der Waals surface area contributed by atoms with Crippen molar-refractivity contribution in [1.82, 2.24) is 25.0 Å². The van der Waals surface area contributed by atoms with Crippen molar-refractivity contribution in [2.75, 3.05) is 24.7 Å². The molecule has 12 heteroatoms. The molecule has 2 saturated carbocycles. The lowest BCUT2D eigenvalue weighted by Crippen LogP contribution is -2.56. The molecule has 1 N–H and O–H groups in total. The van der Waals surface area contributed by atoms with Gasteiger partial charge in [0.15, 0.2) is 17.7 Å². The summed E-state index contributed by atoms with van der Waals surface area (Å²) in [6.07, 6.45) is 6.16. The molecule has 0 unspecified atom stereocenters. The summed E-state index contributed by atoms with van der Waals surface area (Å²) in [7, 11) is 0. The standard InChI is InChI=1S/C31H33N7O5/c1-2-36-29-25(24(16-3-4-16)26(30(36)40)34-28(39)17-5-6-21-23(13-17)43-15-33-21)27(35-38(29)19-7-9-42-10-8-19)31(41)37-20(14-32)11-18-12-22(18)37/h5-6,13,15-16,18-20,22,24,26H,2-4,7-12H2,1H3,(H,34,39)/t18-,20-,22+,24-,26-/m0/s1. The number of amides is 3. The number of aromatic nitrogens is 3. The summed E-state index contributed by atoms with van der Waals surface area (Å²) in [6, 6.07) is 6.04. The highest BCUT2D eigenvalue weighted by molar-refractivity contribution is 6.07. The molecule has 5 heterocycles. The lowest BCUT2D eigenvalue weighted by molar-refractivity contribution is -0.121. The second-order valence-corrected chi connectivity index (χ2v) is 12.5. The third-order valence-corrected chi connectivity index (χ3v) is 9.95. The van der Waals surface area contributed by atoms with Crippen LogP contribution in [0.1, 0.15) is 83.8 Å². The van der Waals surface area contributed by atoms with Crippen LogP contribution in [0.4, 0.5) is 5.82 Å². The summed E-state index contributed by atoms with van der Waals surface area (Å²) in [4.78, 5) is 49.9. The van der Waals surface area contributed by atoms with Crippen LogP contribution in [0.15, 0.2) is 29.0 Å². The van der Waals surface area contributed by atoms with Gasteiger partial charge in [0.1, 0.15) is 23.4 Å². The van der Waals surface area contributed by atoms with Crippen molar-refractivity contribution < 1.29 is 23.5 Å². The van der Waals surface area contributed by atoms with E-state index < -0.39 is 23.9 Å². The van der Waals surface area contributed by atoms with Crippen LogP contribution in [0.2, 0.25) is 0 Å². The second-order valence-electron chi connectivity index (χ2n) is 12.5. The van der Waals surface area contributed by atoms with Crippen molar-refractivity contribution in [1.29, 1.82) is 5.26 Å². The molecule has 0 bridgehead atoms. The fourth-order valence-corrected chi connectivity index (χ4v) is 7.58. The highest BCUT2D eigenvalue weighted by atomic mass is 16.5. The monoisotopic (exact) mass is 583 g/mol. The number of nitrogens with zero attached hydrogens (tertiary/aromatic N) is 6. The van der Waals surface area contributed by atoms with E-state index in [9.17, 15) is 19.6 Å². The number of anilines is 1. The number of nitrogens with one attached hydrogen (secondary N) is 1. The largest absolute Gasteiger partial charge is 0.443 e. The van der Waals surface area contributed by atoms with Crippen molar-refractivity contribution in [2.45, 2.75) is 75.5 Å². The summed E-state index contributed by atoms with van der Waals surface area (Å²) < 4.78 is 12.9. The average Bonchev–Trinajstić information content (AvgIpc) is 3.88. The van der Waals surface area contributed by atoms with Gasteiger partial charge in [-0.05, 0) is 75.5 Å². The van der Waals surface area contributed by atoms with Crippen LogP contribution < -0.4 is 10.2 Å². The third kappa shape index (κ3) is 4.16. The van der Waals surface area contributed by atoms with Crippen LogP contribution in [0.25, 0.3) is 11.1 Å². The van der Waals surface area contributed by atoms with E-state index in [-0.39, 0.29) is 29.8 Å². The van der Waals surface area contributed by atoms with E-state index in [1.54, 1.807) is 28.0 Å². The molecular formula is C31H33N7O5. The van der Waals surface area contributed by atoms with Crippen molar-refractivity contribution in [3.05, 3.63) is 41.4 Å². The fraction of sp³-hybridized carbons (Fsp3) is 0.548. The Morgan fingerprint density at radius 3 is 2.70 bits per heavy atom. The molecule has 0 spiro atoms. The molecule has 3 amide bonds. The molecule has 5 atom stereocenters. The zero-order valence-electron chi connectivity index (χ0n) is 23.9. The molecule has 2 aliphatic carbocycles. The fourth-order valence-electron chi connectivity index (χ4n) is 7.58. The number of piperidine rings is 1. The quantitative estimate of drug-likeness (QED) is 0.466. The Morgan fingerprint density at radius 1 is 1.14 bits per heavy atom. The predicted octanol–water partition coefficient (Wildman–Crippen LogP) is 3.16. The average molecular weight is 584 g/mol. The van der Waals surface area contributed by atoms with Gasteiger partial charge in [-0.3, -0.25) is 19.3 Å². The number of carbonyl (C=O) groups excluding carboxylic acids is 3. The minimum Gasteiger partial charge on any atom is -0.443 e. The van der Waals surface area contributed by atoms with E-state index >= 15 is 0 Å². The van der Waals surface area contributed by atoms with Gasteiger partial charge in [0.25, 0.3) is 17.7 Å². The number of hydrogen-bond acceptors (Lipinski definition) is 8. The molecule has 3 aliphatic heterocycles. The third-order valence-electron chi connectivity index (χ3n) is 9.95. The predicted molar refractivity (Wildman–Crippen MR) is 152 cm³/mol. The van der Waals surface area contributed by atoms with Crippen LogP contribution in [0.5, 0.6) is 0 Å². The van der Waals surface area contributed by atoms with Crippen molar-refractivity contribution >= 4 is 34.6 Å². The van der Waals surface area contributed by atoms with Crippen LogP contribution in [0, 0.1) is 23.2 Å². The Bertz CT molecular complexity index is 1680. The number of likely N-dealkylation sites (N-methyl/N-ethyl adjacent to an activating group) is 1. The van der Waals surface area contributed by atoms with E-state index in [1.165, 1.54) is 6.39 Å². The molecule has 43 heavy (non-hydrogen) atoms. The molecule has 5 aliphatic rings. The van der Waals surface area contributed by atoms with Crippen molar-refractivity contribution in [3.8, 4) is 6.07 Å². The topological polar surface area (TPSA) is 147 Å². The van der Waals surface area contributed by atoms with E-state index in [0.29, 0.717) is 60.3 Å². The van der Waals surface area contributed by atoms with Crippen LogP contribution >= 0.6 is 0 Å². The number of fused-ring (bicyclic) bond motifs is 3. The summed E-state index contributed by atoms with van der Waals surface area (Å²) in [6.45, 7) is 3.42. The zero-order chi connectivity index (χ0) is 29.4. The smallest absolute Gasteiger partial charge is 0.276 e. The maximum atomic E-state index is 14.4. The first-order chi connectivity index (χ1) is 21.0. The summed E-state index contributed by atoms with van der Waals surface area (Å²) in [5, 5.41) is 18.0. The lowest BCUT2D eigenvalue weighted by Gasteiger charge is -2.39. The molecule has 12 nitrogen and oxygen atoms in total. The lowest BCUT2D eigenvalue weighted by atomic mass is 9.82. The number of oxazole rings is 1. The molecule has 3 aromatic rings. The Labute approximate surface area is 247 Å². The minimum atomic E-state index is -0.865. The molecular weight excluding hydrogens is 550 g/mol. The van der Waals surface area contributed by atoms with E-state index in [1.807, 2.05) is 11.6 Å².